The van der Waals surface area contributed by atoms with Crippen molar-refractivity contribution >= 4 is 17.7 Å². The van der Waals surface area contributed by atoms with Crippen LogP contribution in [-0.4, -0.2) is 35.9 Å². The number of nitrogens with zero attached hydrogens (tertiary/aromatic N) is 1. The zero-order valence-corrected chi connectivity index (χ0v) is 10.7. The normalized spacial score (nSPS) is 10.3. The van der Waals surface area contributed by atoms with Crippen molar-refractivity contribution < 1.29 is 9.18 Å². The van der Waals surface area contributed by atoms with Crippen LogP contribution in [-0.2, 0) is 11.3 Å². The number of carbonyl (C=O) groups is 1. The molecule has 0 saturated carbocycles. The molecule has 0 radical (unpaired) electrons. The van der Waals surface area contributed by atoms with Gasteiger partial charge in [0.25, 0.3) is 0 Å². The Labute approximate surface area is 105 Å². The van der Waals surface area contributed by atoms with Gasteiger partial charge in [-0.2, -0.15) is 11.8 Å². The van der Waals surface area contributed by atoms with Crippen molar-refractivity contribution in [1.82, 2.24) is 4.90 Å². The quantitative estimate of drug-likeness (QED) is 0.784. The monoisotopic (exact) mass is 256 g/mol. The fraction of sp³-hybridized carbons (Fsp3) is 0.417. The first-order valence-electron chi connectivity index (χ1n) is 5.40. The van der Waals surface area contributed by atoms with Crippen LogP contribution in [0, 0.1) is 5.82 Å². The maximum atomic E-state index is 13.4. The highest BCUT2D eigenvalue weighted by molar-refractivity contribution is 7.99. The summed E-state index contributed by atoms with van der Waals surface area (Å²) in [4.78, 5) is 13.2. The van der Waals surface area contributed by atoms with Crippen molar-refractivity contribution in [2.24, 2.45) is 5.73 Å². The number of halogens is 1. The summed E-state index contributed by atoms with van der Waals surface area (Å²) in [6.07, 6.45) is 0. The number of amides is 1. The van der Waals surface area contributed by atoms with E-state index in [1.165, 1.54) is 22.7 Å². The van der Waals surface area contributed by atoms with Gasteiger partial charge in [-0.1, -0.05) is 18.2 Å². The third-order valence-corrected chi connectivity index (χ3v) is 3.25. The molecule has 0 atom stereocenters. The molecule has 94 valence electrons. The van der Waals surface area contributed by atoms with Crippen molar-refractivity contribution in [3.63, 3.8) is 0 Å². The van der Waals surface area contributed by atoms with Gasteiger partial charge in [-0.3, -0.25) is 4.79 Å². The summed E-state index contributed by atoms with van der Waals surface area (Å²) in [7, 11) is 1.68. The number of rotatable bonds is 6. The van der Waals surface area contributed by atoms with Crippen molar-refractivity contribution in [3.05, 3.63) is 35.6 Å². The number of carbonyl (C=O) groups excluding carboxylic acids is 1. The molecule has 17 heavy (non-hydrogen) atoms. The van der Waals surface area contributed by atoms with Gasteiger partial charge in [0.1, 0.15) is 5.82 Å². The lowest BCUT2D eigenvalue weighted by Crippen LogP contribution is -2.28. The maximum absolute atomic E-state index is 13.4. The molecule has 3 nitrogen and oxygen atoms in total. The topological polar surface area (TPSA) is 46.3 Å². The van der Waals surface area contributed by atoms with Crippen LogP contribution in [0.1, 0.15) is 5.56 Å². The molecule has 0 aliphatic carbocycles. The molecular weight excluding hydrogens is 239 g/mol. The van der Waals surface area contributed by atoms with E-state index in [1.54, 1.807) is 25.2 Å². The van der Waals surface area contributed by atoms with Gasteiger partial charge in [-0.05, 0) is 6.07 Å². The average molecular weight is 256 g/mol. The Hall–Kier alpha value is -1.07. The van der Waals surface area contributed by atoms with Crippen LogP contribution in [0.3, 0.4) is 0 Å². The van der Waals surface area contributed by atoms with Crippen molar-refractivity contribution in [3.8, 4) is 0 Å². The van der Waals surface area contributed by atoms with E-state index in [9.17, 15) is 9.18 Å². The van der Waals surface area contributed by atoms with Gasteiger partial charge >= 0.3 is 0 Å². The number of thioether (sulfide) groups is 1. The van der Waals surface area contributed by atoms with E-state index in [0.29, 0.717) is 24.4 Å². The fourth-order valence-corrected chi connectivity index (χ4v) is 2.03. The van der Waals surface area contributed by atoms with Gasteiger partial charge in [0.2, 0.25) is 5.91 Å². The third-order valence-electron chi connectivity index (χ3n) is 2.28. The first-order valence-corrected chi connectivity index (χ1v) is 6.55. The minimum Gasteiger partial charge on any atom is -0.341 e. The second kappa shape index (κ2) is 7.29. The lowest BCUT2D eigenvalue weighted by Gasteiger charge is -2.17. The van der Waals surface area contributed by atoms with Crippen LogP contribution in [0.4, 0.5) is 4.39 Å². The molecular formula is C12H17FN2OS. The van der Waals surface area contributed by atoms with Crippen LogP contribution in [0.15, 0.2) is 24.3 Å². The molecule has 0 aliphatic heterocycles. The van der Waals surface area contributed by atoms with Gasteiger partial charge < -0.3 is 10.6 Å². The van der Waals surface area contributed by atoms with E-state index in [4.69, 9.17) is 5.73 Å². The highest BCUT2D eigenvalue weighted by Crippen LogP contribution is 2.10. The Morgan fingerprint density at radius 2 is 2.18 bits per heavy atom. The average Bonchev–Trinajstić information content (AvgIpc) is 2.32. The molecule has 0 saturated heterocycles. The molecule has 1 rings (SSSR count). The third kappa shape index (κ3) is 4.75. The van der Waals surface area contributed by atoms with Gasteiger partial charge in [-0.25, -0.2) is 4.39 Å². The Bertz CT molecular complexity index is 373. The Balaban J connectivity index is 2.46. The highest BCUT2D eigenvalue weighted by atomic mass is 32.2. The molecule has 0 fully saturated rings. The Kier molecular flexibility index (Phi) is 6.00. The minimum absolute atomic E-state index is 0.00768. The second-order valence-electron chi connectivity index (χ2n) is 3.68. The van der Waals surface area contributed by atoms with Gasteiger partial charge in [0, 0.05) is 31.5 Å². The van der Waals surface area contributed by atoms with Crippen molar-refractivity contribution in [1.29, 1.82) is 0 Å². The fourth-order valence-electron chi connectivity index (χ4n) is 1.32. The standard InChI is InChI=1S/C12H17FN2OS/c1-15(12(16)9-17-7-6-14)8-10-4-2-3-5-11(10)13/h2-5H,6-9,14H2,1H3. The van der Waals surface area contributed by atoms with Crippen molar-refractivity contribution in [2.75, 3.05) is 25.1 Å². The van der Waals surface area contributed by atoms with E-state index in [2.05, 4.69) is 0 Å². The van der Waals surface area contributed by atoms with Crippen LogP contribution in [0.25, 0.3) is 0 Å². The first kappa shape index (κ1) is 14.0. The molecule has 1 aromatic carbocycles. The predicted octanol–water partition coefficient (Wildman–Crippen LogP) is 1.48. The number of hydrogen-bond donors (Lipinski definition) is 1. The zero-order valence-electron chi connectivity index (χ0n) is 9.86. The molecule has 0 heterocycles. The van der Waals surface area contributed by atoms with E-state index in [1.807, 2.05) is 0 Å². The van der Waals surface area contributed by atoms with Crippen LogP contribution >= 0.6 is 11.8 Å². The van der Waals surface area contributed by atoms with E-state index in [-0.39, 0.29) is 11.7 Å². The number of benzene rings is 1. The maximum Gasteiger partial charge on any atom is 0.232 e. The van der Waals surface area contributed by atoms with Crippen LogP contribution in [0.2, 0.25) is 0 Å². The Morgan fingerprint density at radius 1 is 1.47 bits per heavy atom. The van der Waals surface area contributed by atoms with Gasteiger partial charge in [0.05, 0.1) is 5.75 Å². The molecule has 0 aliphatic rings. The van der Waals surface area contributed by atoms with E-state index >= 15 is 0 Å². The molecule has 0 spiro atoms. The lowest BCUT2D eigenvalue weighted by atomic mass is 10.2. The molecule has 0 bridgehead atoms. The summed E-state index contributed by atoms with van der Waals surface area (Å²) in [6.45, 7) is 0.865. The molecule has 0 unspecified atom stereocenters. The summed E-state index contributed by atoms with van der Waals surface area (Å²) in [5, 5.41) is 0. The van der Waals surface area contributed by atoms with E-state index in [0.717, 1.165) is 5.75 Å². The largest absolute Gasteiger partial charge is 0.341 e. The van der Waals surface area contributed by atoms with Crippen molar-refractivity contribution in [2.45, 2.75) is 6.54 Å². The Morgan fingerprint density at radius 3 is 2.82 bits per heavy atom. The first-order chi connectivity index (χ1) is 8.15. The molecule has 2 N–H and O–H groups in total. The summed E-state index contributed by atoms with van der Waals surface area (Å²) in [5.41, 5.74) is 5.87. The predicted molar refractivity (Wildman–Crippen MR) is 69.3 cm³/mol. The SMILES string of the molecule is CN(Cc1ccccc1F)C(=O)CSCCN. The van der Waals surface area contributed by atoms with Gasteiger partial charge in [0.15, 0.2) is 0 Å². The van der Waals surface area contributed by atoms with Crippen LogP contribution < -0.4 is 5.73 Å². The van der Waals surface area contributed by atoms with Crippen LogP contribution in [0.5, 0.6) is 0 Å². The smallest absolute Gasteiger partial charge is 0.232 e. The van der Waals surface area contributed by atoms with Gasteiger partial charge in [-0.15, -0.1) is 0 Å². The molecule has 0 aromatic heterocycles. The summed E-state index contributed by atoms with van der Waals surface area (Å²) < 4.78 is 13.4. The molecule has 1 amide bonds. The molecule has 5 heteroatoms. The zero-order chi connectivity index (χ0) is 12.7. The summed E-state index contributed by atoms with van der Waals surface area (Å²) in [5.74, 6) is 0.870. The van der Waals surface area contributed by atoms with E-state index < -0.39 is 0 Å². The number of hydrogen-bond acceptors (Lipinski definition) is 3. The number of nitrogens with two attached hydrogens (primary N) is 1. The lowest BCUT2D eigenvalue weighted by molar-refractivity contribution is -0.127. The summed E-state index contributed by atoms with van der Waals surface area (Å²) in [6, 6.07) is 6.49. The highest BCUT2D eigenvalue weighted by Gasteiger charge is 2.10. The summed E-state index contributed by atoms with van der Waals surface area (Å²) >= 11 is 1.49. The molecule has 1 aromatic rings. The minimum atomic E-state index is -0.276. The second-order valence-corrected chi connectivity index (χ2v) is 4.79.